The third kappa shape index (κ3) is 4.52. The zero-order chi connectivity index (χ0) is 21.1. The Morgan fingerprint density at radius 1 is 1.13 bits per heavy atom. The smallest absolute Gasteiger partial charge is 0.255 e. The van der Waals surface area contributed by atoms with E-state index in [1.54, 1.807) is 6.20 Å². The Bertz CT molecular complexity index is 1080. The molecule has 2 N–H and O–H groups in total. The van der Waals surface area contributed by atoms with E-state index in [0.29, 0.717) is 17.8 Å². The van der Waals surface area contributed by atoms with Crippen molar-refractivity contribution >= 4 is 29.1 Å². The highest BCUT2D eigenvalue weighted by Gasteiger charge is 2.45. The Kier molecular flexibility index (Phi) is 5.55. The molecule has 6 nitrogen and oxygen atoms in total. The van der Waals surface area contributed by atoms with Crippen LogP contribution in [0.1, 0.15) is 28.8 Å². The quantitative estimate of drug-likeness (QED) is 0.603. The lowest BCUT2D eigenvalue weighted by atomic mass is 9.96. The number of amides is 2. The first kappa shape index (κ1) is 20.1. The standard InChI is InChI=1S/C22H20ClFN4O2/c23-19-4-2-1-3-18(19)22(9-10-22)14-25-20(29)13-28-12-17(11-26-28)27-21(30)15-5-7-16(24)8-6-15/h1-8,11-12H,9-10,13-14H2,(H,25,29)(H,27,30). The van der Waals surface area contributed by atoms with E-state index in [2.05, 4.69) is 15.7 Å². The van der Waals surface area contributed by atoms with E-state index >= 15 is 0 Å². The third-order valence-electron chi connectivity index (χ3n) is 5.23. The van der Waals surface area contributed by atoms with Crippen molar-refractivity contribution in [1.29, 1.82) is 0 Å². The van der Waals surface area contributed by atoms with Crippen LogP contribution in [0.4, 0.5) is 10.1 Å². The summed E-state index contributed by atoms with van der Waals surface area (Å²) in [6, 6.07) is 13.0. The zero-order valence-electron chi connectivity index (χ0n) is 16.1. The Hall–Kier alpha value is -3.19. The molecule has 8 heteroatoms. The van der Waals surface area contributed by atoms with Crippen molar-refractivity contribution in [2.24, 2.45) is 0 Å². The second-order valence-electron chi connectivity index (χ2n) is 7.42. The summed E-state index contributed by atoms with van der Waals surface area (Å²) < 4.78 is 14.4. The number of hydrogen-bond donors (Lipinski definition) is 2. The molecule has 1 heterocycles. The Labute approximate surface area is 178 Å². The van der Waals surface area contributed by atoms with Crippen LogP contribution >= 0.6 is 11.6 Å². The summed E-state index contributed by atoms with van der Waals surface area (Å²) in [7, 11) is 0. The largest absolute Gasteiger partial charge is 0.354 e. The first-order valence-corrected chi connectivity index (χ1v) is 9.94. The van der Waals surface area contributed by atoms with Gasteiger partial charge in [0.05, 0.1) is 11.9 Å². The lowest BCUT2D eigenvalue weighted by Gasteiger charge is -2.18. The first-order chi connectivity index (χ1) is 14.4. The van der Waals surface area contributed by atoms with Gasteiger partial charge in [0.15, 0.2) is 0 Å². The van der Waals surface area contributed by atoms with Gasteiger partial charge in [-0.05, 0) is 48.7 Å². The van der Waals surface area contributed by atoms with Crippen LogP contribution in [0, 0.1) is 5.82 Å². The fraction of sp³-hybridized carbons (Fsp3) is 0.227. The highest BCUT2D eigenvalue weighted by atomic mass is 35.5. The number of anilines is 1. The van der Waals surface area contributed by atoms with E-state index in [0.717, 1.165) is 23.4 Å². The number of aromatic nitrogens is 2. The van der Waals surface area contributed by atoms with Gasteiger partial charge in [-0.3, -0.25) is 14.3 Å². The summed E-state index contributed by atoms with van der Waals surface area (Å²) in [6.45, 7) is 0.552. The molecule has 0 bridgehead atoms. The molecule has 1 aromatic heterocycles. The summed E-state index contributed by atoms with van der Waals surface area (Å²) in [5, 5.41) is 10.5. The SMILES string of the molecule is O=C(Cn1cc(NC(=O)c2ccc(F)cc2)cn1)NCC1(c2ccccc2Cl)CC1. The molecule has 0 unspecified atom stereocenters. The number of nitrogens with one attached hydrogen (secondary N) is 2. The van der Waals surface area contributed by atoms with Crippen LogP contribution in [0.2, 0.25) is 5.02 Å². The van der Waals surface area contributed by atoms with Gasteiger partial charge in [-0.2, -0.15) is 5.10 Å². The van der Waals surface area contributed by atoms with Gasteiger partial charge in [-0.1, -0.05) is 29.8 Å². The molecule has 0 radical (unpaired) electrons. The maximum absolute atomic E-state index is 13.0. The molecular weight excluding hydrogens is 407 g/mol. The van der Waals surface area contributed by atoms with Gasteiger partial charge in [0.2, 0.25) is 5.91 Å². The van der Waals surface area contributed by atoms with Crippen molar-refractivity contribution in [2.45, 2.75) is 24.8 Å². The third-order valence-corrected chi connectivity index (χ3v) is 5.56. The molecule has 1 aliphatic rings. The van der Waals surface area contributed by atoms with Crippen LogP contribution in [-0.4, -0.2) is 28.1 Å². The van der Waals surface area contributed by atoms with Crippen molar-refractivity contribution < 1.29 is 14.0 Å². The summed E-state index contributed by atoms with van der Waals surface area (Å²) >= 11 is 6.31. The number of halogens is 2. The van der Waals surface area contributed by atoms with Crippen molar-refractivity contribution in [3.63, 3.8) is 0 Å². The molecule has 154 valence electrons. The minimum atomic E-state index is -0.409. The normalized spacial score (nSPS) is 14.2. The highest BCUT2D eigenvalue weighted by molar-refractivity contribution is 6.31. The molecular formula is C22H20ClFN4O2. The molecule has 0 spiro atoms. The minimum Gasteiger partial charge on any atom is -0.354 e. The van der Waals surface area contributed by atoms with Crippen LogP contribution in [-0.2, 0) is 16.8 Å². The number of hydrogen-bond acceptors (Lipinski definition) is 3. The topological polar surface area (TPSA) is 76.0 Å². The fourth-order valence-electron chi connectivity index (χ4n) is 3.37. The molecule has 0 saturated heterocycles. The summed E-state index contributed by atoms with van der Waals surface area (Å²) in [6.07, 6.45) is 5.00. The Morgan fingerprint density at radius 2 is 1.87 bits per heavy atom. The number of carbonyl (C=O) groups excluding carboxylic acids is 2. The molecule has 0 atom stereocenters. The van der Waals surface area contributed by atoms with Gasteiger partial charge in [0.25, 0.3) is 5.91 Å². The van der Waals surface area contributed by atoms with Gasteiger partial charge >= 0.3 is 0 Å². The molecule has 2 aromatic carbocycles. The average molecular weight is 427 g/mol. The Balaban J connectivity index is 1.30. The van der Waals surface area contributed by atoms with Gasteiger partial charge in [0.1, 0.15) is 12.4 Å². The molecule has 1 fully saturated rings. The van der Waals surface area contributed by atoms with E-state index in [-0.39, 0.29) is 23.8 Å². The van der Waals surface area contributed by atoms with Gasteiger partial charge in [-0.15, -0.1) is 0 Å². The van der Waals surface area contributed by atoms with Gasteiger partial charge in [0, 0.05) is 28.7 Å². The van der Waals surface area contributed by atoms with Crippen LogP contribution in [0.3, 0.4) is 0 Å². The number of benzene rings is 2. The molecule has 2 amide bonds. The lowest BCUT2D eigenvalue weighted by molar-refractivity contribution is -0.121. The van der Waals surface area contributed by atoms with Crippen LogP contribution < -0.4 is 10.6 Å². The predicted octanol–water partition coefficient (Wildman–Crippen LogP) is 3.78. The summed E-state index contributed by atoms with van der Waals surface area (Å²) in [5.41, 5.74) is 1.76. The monoisotopic (exact) mass is 426 g/mol. The second kappa shape index (κ2) is 8.28. The molecule has 0 aliphatic heterocycles. The number of carbonyl (C=O) groups is 2. The average Bonchev–Trinajstić information content (AvgIpc) is 3.40. The molecule has 1 saturated carbocycles. The van der Waals surface area contributed by atoms with Gasteiger partial charge in [-0.25, -0.2) is 4.39 Å². The zero-order valence-corrected chi connectivity index (χ0v) is 16.8. The van der Waals surface area contributed by atoms with Crippen molar-refractivity contribution in [3.8, 4) is 0 Å². The number of nitrogens with zero attached hydrogens (tertiary/aromatic N) is 2. The van der Waals surface area contributed by atoms with Crippen LogP contribution in [0.15, 0.2) is 60.9 Å². The number of rotatable bonds is 7. The van der Waals surface area contributed by atoms with Crippen molar-refractivity contribution in [1.82, 2.24) is 15.1 Å². The maximum Gasteiger partial charge on any atom is 0.255 e. The molecule has 3 aromatic rings. The fourth-order valence-corrected chi connectivity index (χ4v) is 3.71. The Morgan fingerprint density at radius 3 is 2.57 bits per heavy atom. The van der Waals surface area contributed by atoms with E-state index in [1.807, 2.05) is 24.3 Å². The van der Waals surface area contributed by atoms with Crippen LogP contribution in [0.5, 0.6) is 0 Å². The van der Waals surface area contributed by atoms with E-state index < -0.39 is 5.82 Å². The highest BCUT2D eigenvalue weighted by Crippen LogP contribution is 2.49. The first-order valence-electron chi connectivity index (χ1n) is 9.56. The van der Waals surface area contributed by atoms with E-state index in [4.69, 9.17) is 11.6 Å². The minimum absolute atomic E-state index is 0.0328. The van der Waals surface area contributed by atoms with Crippen molar-refractivity contribution in [2.75, 3.05) is 11.9 Å². The second-order valence-corrected chi connectivity index (χ2v) is 7.83. The van der Waals surface area contributed by atoms with E-state index in [1.165, 1.54) is 35.1 Å². The van der Waals surface area contributed by atoms with Crippen molar-refractivity contribution in [3.05, 3.63) is 82.9 Å². The maximum atomic E-state index is 13.0. The lowest BCUT2D eigenvalue weighted by Crippen LogP contribution is -2.34. The summed E-state index contributed by atoms with van der Waals surface area (Å²) in [5.74, 6) is -0.963. The molecule has 1 aliphatic carbocycles. The molecule has 30 heavy (non-hydrogen) atoms. The van der Waals surface area contributed by atoms with Crippen LogP contribution in [0.25, 0.3) is 0 Å². The predicted molar refractivity (Wildman–Crippen MR) is 112 cm³/mol. The van der Waals surface area contributed by atoms with Gasteiger partial charge < -0.3 is 10.6 Å². The summed E-state index contributed by atoms with van der Waals surface area (Å²) in [4.78, 5) is 24.5. The molecule has 4 rings (SSSR count). The van der Waals surface area contributed by atoms with E-state index in [9.17, 15) is 14.0 Å².